The van der Waals surface area contributed by atoms with Crippen molar-refractivity contribution in [2.75, 3.05) is 12.4 Å². The molecule has 1 atom stereocenters. The summed E-state index contributed by atoms with van der Waals surface area (Å²) >= 11 is 0. The lowest BCUT2D eigenvalue weighted by Crippen LogP contribution is -2.11. The minimum atomic E-state index is 0.437. The maximum Gasteiger partial charge on any atom is 0.133 e. The molecule has 0 bridgehead atoms. The maximum atomic E-state index is 4.38. The van der Waals surface area contributed by atoms with Gasteiger partial charge in [-0.15, -0.1) is 16.8 Å². The van der Waals surface area contributed by atoms with Crippen molar-refractivity contribution in [3.05, 3.63) is 54.1 Å². The summed E-state index contributed by atoms with van der Waals surface area (Å²) < 4.78 is 2.30. The lowest BCUT2D eigenvalue weighted by Gasteiger charge is -2.15. The molecule has 27 heavy (non-hydrogen) atoms. The first-order valence-corrected chi connectivity index (χ1v) is 10.2. The van der Waals surface area contributed by atoms with Crippen molar-refractivity contribution in [1.82, 2.24) is 14.8 Å². The van der Waals surface area contributed by atoms with Crippen LogP contribution >= 0.6 is 0 Å². The number of hydrogen-bond donors (Lipinski definition) is 1. The molecule has 2 rings (SSSR count). The zero-order chi connectivity index (χ0) is 20.2. The molecule has 0 saturated carbocycles. The van der Waals surface area contributed by atoms with E-state index < -0.39 is 0 Å². The summed E-state index contributed by atoms with van der Waals surface area (Å²) in [6.45, 7) is 14.8. The highest BCUT2D eigenvalue weighted by Gasteiger charge is 2.14. The molecule has 1 unspecified atom stereocenters. The molecule has 1 N–H and O–H groups in total. The van der Waals surface area contributed by atoms with Crippen molar-refractivity contribution in [2.24, 2.45) is 5.92 Å². The van der Waals surface area contributed by atoms with Crippen LogP contribution in [0.2, 0.25) is 0 Å². The molecule has 0 aliphatic carbocycles. The summed E-state index contributed by atoms with van der Waals surface area (Å²) in [4.78, 5) is 0. The Morgan fingerprint density at radius 1 is 1.07 bits per heavy atom. The van der Waals surface area contributed by atoms with E-state index in [9.17, 15) is 0 Å². The van der Waals surface area contributed by atoms with Crippen LogP contribution in [0, 0.1) is 12.8 Å². The number of hydrogen-bond acceptors (Lipinski definition) is 3. The maximum absolute atomic E-state index is 4.38. The number of aromatic nitrogens is 3. The van der Waals surface area contributed by atoms with Gasteiger partial charge in [-0.25, -0.2) is 0 Å². The van der Waals surface area contributed by atoms with Gasteiger partial charge < -0.3 is 9.88 Å². The number of benzene rings is 1. The van der Waals surface area contributed by atoms with Crippen LogP contribution in [0.15, 0.2) is 36.9 Å². The zero-order valence-electron chi connectivity index (χ0n) is 18.1. The Balaban J connectivity index is 0.000000337. The smallest absolute Gasteiger partial charge is 0.133 e. The molecule has 0 aliphatic heterocycles. The highest BCUT2D eigenvalue weighted by Crippen LogP contribution is 2.17. The van der Waals surface area contributed by atoms with Crippen LogP contribution in [0.5, 0.6) is 0 Å². The number of nitrogens with one attached hydrogen (secondary N) is 1. The van der Waals surface area contributed by atoms with Gasteiger partial charge in [-0.1, -0.05) is 44.0 Å². The van der Waals surface area contributed by atoms with Gasteiger partial charge in [0.1, 0.15) is 11.6 Å². The van der Waals surface area contributed by atoms with Crippen LogP contribution in [0.25, 0.3) is 0 Å². The number of allylic oxidation sites excluding steroid dienone is 1. The van der Waals surface area contributed by atoms with Gasteiger partial charge in [0.2, 0.25) is 0 Å². The molecule has 2 aromatic rings. The summed E-state index contributed by atoms with van der Waals surface area (Å²) in [5.41, 5.74) is 2.47. The summed E-state index contributed by atoms with van der Waals surface area (Å²) in [6.07, 6.45) is 7.32. The fourth-order valence-corrected chi connectivity index (χ4v) is 2.83. The molecule has 1 heterocycles. The summed E-state index contributed by atoms with van der Waals surface area (Å²) in [5.74, 6) is 3.01. The standard InChI is InChI=1S/C15H27N3.C8H11N/c1-6-8-9-14-16-17-15(18(14)12(3)4)11-10-13(5)7-2;1-7-3-5-8(9-2)6-4-7/h6,12-13H,1,7-11H2,2-5H3;3-6,9H,1-2H3. The molecular formula is C23H38N4. The Morgan fingerprint density at radius 2 is 1.67 bits per heavy atom. The van der Waals surface area contributed by atoms with E-state index in [4.69, 9.17) is 0 Å². The summed E-state index contributed by atoms with van der Waals surface area (Å²) in [5, 5.41) is 11.8. The predicted octanol–water partition coefficient (Wildman–Crippen LogP) is 5.99. The van der Waals surface area contributed by atoms with E-state index in [0.29, 0.717) is 6.04 Å². The van der Waals surface area contributed by atoms with E-state index in [1.54, 1.807) is 0 Å². The molecule has 0 amide bonds. The van der Waals surface area contributed by atoms with Gasteiger partial charge in [0, 0.05) is 31.6 Å². The molecule has 0 spiro atoms. The van der Waals surface area contributed by atoms with Crippen molar-refractivity contribution in [3.63, 3.8) is 0 Å². The first kappa shape index (κ1) is 22.9. The number of aryl methyl sites for hydroxylation is 3. The van der Waals surface area contributed by atoms with Gasteiger partial charge in [0.05, 0.1) is 0 Å². The molecule has 1 aromatic carbocycles. The SMILES string of the molecule is C=CCCc1nnc(CCC(C)CC)n1C(C)C.CNc1ccc(C)cc1. The van der Waals surface area contributed by atoms with Crippen molar-refractivity contribution in [2.45, 2.75) is 72.8 Å². The van der Waals surface area contributed by atoms with E-state index >= 15 is 0 Å². The fraction of sp³-hybridized carbons (Fsp3) is 0.565. The third-order valence-electron chi connectivity index (χ3n) is 4.82. The topological polar surface area (TPSA) is 42.7 Å². The van der Waals surface area contributed by atoms with Crippen LogP contribution in [-0.2, 0) is 12.8 Å². The van der Waals surface area contributed by atoms with Crippen molar-refractivity contribution >= 4 is 5.69 Å². The monoisotopic (exact) mass is 370 g/mol. The third kappa shape index (κ3) is 7.98. The first-order valence-electron chi connectivity index (χ1n) is 10.2. The minimum Gasteiger partial charge on any atom is -0.388 e. The Kier molecular flexibility index (Phi) is 10.5. The number of rotatable bonds is 9. The second kappa shape index (κ2) is 12.3. The van der Waals surface area contributed by atoms with E-state index in [-0.39, 0.29) is 0 Å². The summed E-state index contributed by atoms with van der Waals surface area (Å²) in [6, 6.07) is 8.74. The van der Waals surface area contributed by atoms with Gasteiger partial charge in [-0.2, -0.15) is 0 Å². The lowest BCUT2D eigenvalue weighted by molar-refractivity contribution is 0.482. The predicted molar refractivity (Wildman–Crippen MR) is 117 cm³/mol. The molecule has 150 valence electrons. The second-order valence-electron chi connectivity index (χ2n) is 7.49. The quantitative estimate of drug-likeness (QED) is 0.551. The van der Waals surface area contributed by atoms with Gasteiger partial charge >= 0.3 is 0 Å². The van der Waals surface area contributed by atoms with E-state index in [0.717, 1.165) is 36.8 Å². The molecular weight excluding hydrogens is 332 g/mol. The van der Waals surface area contributed by atoms with Crippen LogP contribution in [0.4, 0.5) is 5.69 Å². The molecule has 0 saturated heterocycles. The minimum absolute atomic E-state index is 0.437. The Hall–Kier alpha value is -2.10. The molecule has 0 fully saturated rings. The van der Waals surface area contributed by atoms with Gasteiger partial charge in [-0.05, 0) is 51.7 Å². The highest BCUT2D eigenvalue weighted by molar-refractivity contribution is 5.43. The third-order valence-corrected chi connectivity index (χ3v) is 4.82. The average Bonchev–Trinajstić information content (AvgIpc) is 3.08. The Labute approximate surface area is 166 Å². The van der Waals surface area contributed by atoms with Gasteiger partial charge in [0.25, 0.3) is 0 Å². The largest absolute Gasteiger partial charge is 0.388 e. The fourth-order valence-electron chi connectivity index (χ4n) is 2.83. The van der Waals surface area contributed by atoms with E-state index in [2.05, 4.69) is 85.5 Å². The van der Waals surface area contributed by atoms with Crippen molar-refractivity contribution < 1.29 is 0 Å². The molecule has 0 aliphatic rings. The molecule has 4 nitrogen and oxygen atoms in total. The lowest BCUT2D eigenvalue weighted by atomic mass is 10.0. The normalized spacial score (nSPS) is 11.7. The highest BCUT2D eigenvalue weighted by atomic mass is 15.3. The van der Waals surface area contributed by atoms with E-state index in [1.807, 2.05) is 13.1 Å². The van der Waals surface area contributed by atoms with Crippen molar-refractivity contribution in [3.8, 4) is 0 Å². The van der Waals surface area contributed by atoms with Gasteiger partial charge in [-0.3, -0.25) is 0 Å². The molecule has 4 heteroatoms. The van der Waals surface area contributed by atoms with E-state index in [1.165, 1.54) is 24.1 Å². The van der Waals surface area contributed by atoms with Gasteiger partial charge in [0.15, 0.2) is 0 Å². The van der Waals surface area contributed by atoms with Crippen molar-refractivity contribution in [1.29, 1.82) is 0 Å². The van der Waals surface area contributed by atoms with Crippen LogP contribution in [0.1, 0.15) is 70.2 Å². The zero-order valence-corrected chi connectivity index (χ0v) is 18.1. The molecule has 1 aromatic heterocycles. The second-order valence-corrected chi connectivity index (χ2v) is 7.49. The van der Waals surface area contributed by atoms with Crippen LogP contribution in [-0.4, -0.2) is 21.8 Å². The Morgan fingerprint density at radius 3 is 2.15 bits per heavy atom. The first-order chi connectivity index (χ1) is 12.9. The van der Waals surface area contributed by atoms with Crippen LogP contribution < -0.4 is 5.32 Å². The average molecular weight is 371 g/mol. The Bertz CT molecular complexity index is 656. The number of nitrogens with zero attached hydrogens (tertiary/aromatic N) is 3. The van der Waals surface area contributed by atoms with Crippen LogP contribution in [0.3, 0.4) is 0 Å². The molecule has 0 radical (unpaired) electrons. The number of anilines is 1. The summed E-state index contributed by atoms with van der Waals surface area (Å²) in [7, 11) is 1.92.